The highest BCUT2D eigenvalue weighted by Crippen LogP contribution is 2.35. The Morgan fingerprint density at radius 1 is 1.08 bits per heavy atom. The van der Waals surface area contributed by atoms with E-state index in [2.05, 4.69) is 32.2 Å². The molecule has 3 aliphatic heterocycles. The minimum absolute atomic E-state index is 0.679. The van der Waals surface area contributed by atoms with Gasteiger partial charge in [-0.2, -0.15) is 0 Å². The summed E-state index contributed by atoms with van der Waals surface area (Å²) in [6, 6.07) is 6.22. The summed E-state index contributed by atoms with van der Waals surface area (Å²) in [6.07, 6.45) is 7.36. The van der Waals surface area contributed by atoms with Crippen molar-refractivity contribution in [2.45, 2.75) is 39.5 Å². The van der Waals surface area contributed by atoms with Gasteiger partial charge >= 0.3 is 0 Å². The third-order valence-corrected chi connectivity index (χ3v) is 6.02. The summed E-state index contributed by atoms with van der Waals surface area (Å²) in [4.78, 5) is 9.66. The molecule has 24 heavy (non-hydrogen) atoms. The maximum absolute atomic E-state index is 4.48. The molecule has 0 amide bonds. The minimum atomic E-state index is 0.679. The molecule has 3 fully saturated rings. The zero-order valence-corrected chi connectivity index (χ0v) is 15.5. The van der Waals surface area contributed by atoms with Crippen molar-refractivity contribution in [3.63, 3.8) is 0 Å². The summed E-state index contributed by atoms with van der Waals surface area (Å²) < 4.78 is 0. The molecule has 0 atom stereocenters. The van der Waals surface area contributed by atoms with Gasteiger partial charge in [0.15, 0.2) is 0 Å². The second-order valence-corrected chi connectivity index (χ2v) is 7.52. The molecular formula is C20H34N4. The predicted molar refractivity (Wildman–Crippen MR) is 101 cm³/mol. The van der Waals surface area contributed by atoms with E-state index in [-0.39, 0.29) is 0 Å². The van der Waals surface area contributed by atoms with Gasteiger partial charge < -0.3 is 15.1 Å². The fourth-order valence-corrected chi connectivity index (χ4v) is 4.29. The average Bonchev–Trinajstić information content (AvgIpc) is 2.64. The number of nitrogens with one attached hydrogen (secondary N) is 1. The summed E-state index contributed by atoms with van der Waals surface area (Å²) in [6.45, 7) is 12.8. The molecule has 0 unspecified atom stereocenters. The zero-order chi connectivity index (χ0) is 16.8. The van der Waals surface area contributed by atoms with Gasteiger partial charge in [-0.05, 0) is 62.2 Å². The Kier molecular flexibility index (Phi) is 6.12. The van der Waals surface area contributed by atoms with Crippen molar-refractivity contribution >= 4 is 5.82 Å². The number of piperidine rings is 2. The molecule has 1 spiro atoms. The predicted octanol–water partition coefficient (Wildman–Crippen LogP) is 3.01. The SMILES string of the molecule is CC.c1ccc(N2CCC(CN3CCC4(CC3)CNC4)CC2)nc1. The molecule has 0 aromatic carbocycles. The number of likely N-dealkylation sites (tertiary alicyclic amines) is 1. The Bertz CT molecular complexity index is 468. The highest BCUT2D eigenvalue weighted by atomic mass is 15.2. The van der Waals surface area contributed by atoms with Crippen LogP contribution in [0.2, 0.25) is 0 Å². The molecule has 134 valence electrons. The third-order valence-electron chi connectivity index (χ3n) is 6.02. The maximum Gasteiger partial charge on any atom is 0.128 e. The number of aromatic nitrogens is 1. The molecule has 0 saturated carbocycles. The summed E-state index contributed by atoms with van der Waals surface area (Å²) in [5.41, 5.74) is 0.679. The molecule has 1 aromatic rings. The number of hydrogen-bond donors (Lipinski definition) is 1. The fraction of sp³-hybridized carbons (Fsp3) is 0.750. The van der Waals surface area contributed by atoms with E-state index >= 15 is 0 Å². The quantitative estimate of drug-likeness (QED) is 0.923. The van der Waals surface area contributed by atoms with Crippen LogP contribution >= 0.6 is 0 Å². The highest BCUT2D eigenvalue weighted by molar-refractivity contribution is 5.37. The van der Waals surface area contributed by atoms with Crippen molar-refractivity contribution in [1.82, 2.24) is 15.2 Å². The molecular weight excluding hydrogens is 296 g/mol. The van der Waals surface area contributed by atoms with Crippen LogP contribution in [-0.4, -0.2) is 55.7 Å². The minimum Gasteiger partial charge on any atom is -0.357 e. The van der Waals surface area contributed by atoms with E-state index in [1.807, 2.05) is 26.1 Å². The topological polar surface area (TPSA) is 31.4 Å². The molecule has 1 aromatic heterocycles. The Morgan fingerprint density at radius 3 is 2.33 bits per heavy atom. The van der Waals surface area contributed by atoms with Gasteiger partial charge in [-0.1, -0.05) is 19.9 Å². The van der Waals surface area contributed by atoms with Crippen LogP contribution in [0.1, 0.15) is 39.5 Å². The zero-order valence-electron chi connectivity index (χ0n) is 15.5. The lowest BCUT2D eigenvalue weighted by atomic mass is 9.73. The van der Waals surface area contributed by atoms with E-state index in [4.69, 9.17) is 0 Å². The van der Waals surface area contributed by atoms with Crippen molar-refractivity contribution in [1.29, 1.82) is 0 Å². The number of pyridine rings is 1. The van der Waals surface area contributed by atoms with Gasteiger partial charge in [-0.3, -0.25) is 0 Å². The van der Waals surface area contributed by atoms with Crippen molar-refractivity contribution < 1.29 is 0 Å². The van der Waals surface area contributed by atoms with E-state index in [0.717, 1.165) is 11.7 Å². The lowest BCUT2D eigenvalue weighted by molar-refractivity contribution is 0.0463. The van der Waals surface area contributed by atoms with E-state index in [0.29, 0.717) is 5.41 Å². The summed E-state index contributed by atoms with van der Waals surface area (Å²) >= 11 is 0. The monoisotopic (exact) mass is 330 g/mol. The number of anilines is 1. The standard InChI is InChI=1S/C18H28N4.C2H6/c1-2-8-20-17(3-1)22-9-4-16(5-10-22)13-21-11-6-18(7-12-21)14-19-15-18;1-2/h1-3,8,16,19H,4-7,9-15H2;1-2H3. The average molecular weight is 331 g/mol. The van der Waals surface area contributed by atoms with Crippen LogP contribution in [0.4, 0.5) is 5.82 Å². The molecule has 3 aliphatic rings. The molecule has 0 bridgehead atoms. The molecule has 4 nitrogen and oxygen atoms in total. The first-order chi connectivity index (χ1) is 11.8. The van der Waals surface area contributed by atoms with Crippen molar-refractivity contribution in [3.8, 4) is 0 Å². The van der Waals surface area contributed by atoms with E-state index in [1.54, 1.807) is 0 Å². The van der Waals surface area contributed by atoms with Gasteiger partial charge in [0.05, 0.1) is 0 Å². The molecule has 4 heteroatoms. The van der Waals surface area contributed by atoms with Crippen LogP contribution < -0.4 is 10.2 Å². The molecule has 3 saturated heterocycles. The highest BCUT2D eigenvalue weighted by Gasteiger charge is 2.39. The molecule has 0 aliphatic carbocycles. The third kappa shape index (κ3) is 4.09. The molecule has 4 rings (SSSR count). The van der Waals surface area contributed by atoms with Crippen LogP contribution in [0.15, 0.2) is 24.4 Å². The Hall–Kier alpha value is -1.13. The van der Waals surface area contributed by atoms with Gasteiger partial charge in [0.25, 0.3) is 0 Å². The molecule has 4 heterocycles. The second-order valence-electron chi connectivity index (χ2n) is 7.52. The van der Waals surface area contributed by atoms with Gasteiger partial charge in [-0.15, -0.1) is 0 Å². The van der Waals surface area contributed by atoms with Crippen LogP contribution in [0.5, 0.6) is 0 Å². The van der Waals surface area contributed by atoms with E-state index in [1.165, 1.54) is 71.5 Å². The molecule has 1 N–H and O–H groups in total. The number of hydrogen-bond acceptors (Lipinski definition) is 4. The lowest BCUT2D eigenvalue weighted by Gasteiger charge is -2.49. The van der Waals surface area contributed by atoms with Crippen molar-refractivity contribution in [2.75, 3.05) is 50.7 Å². The maximum atomic E-state index is 4.48. The number of rotatable bonds is 3. The van der Waals surface area contributed by atoms with E-state index in [9.17, 15) is 0 Å². The lowest BCUT2D eigenvalue weighted by Crippen LogP contribution is -2.58. The van der Waals surface area contributed by atoms with Crippen molar-refractivity contribution in [3.05, 3.63) is 24.4 Å². The van der Waals surface area contributed by atoms with Crippen LogP contribution in [-0.2, 0) is 0 Å². The van der Waals surface area contributed by atoms with Crippen LogP contribution in [0.3, 0.4) is 0 Å². The molecule has 0 radical (unpaired) electrons. The Labute approximate surface area is 147 Å². The Balaban J connectivity index is 0.000000815. The fourth-order valence-electron chi connectivity index (χ4n) is 4.29. The summed E-state index contributed by atoms with van der Waals surface area (Å²) in [7, 11) is 0. The summed E-state index contributed by atoms with van der Waals surface area (Å²) in [5.74, 6) is 2.03. The van der Waals surface area contributed by atoms with Crippen LogP contribution in [0.25, 0.3) is 0 Å². The van der Waals surface area contributed by atoms with Crippen molar-refractivity contribution in [2.24, 2.45) is 11.3 Å². The van der Waals surface area contributed by atoms with Gasteiger partial charge in [0.2, 0.25) is 0 Å². The van der Waals surface area contributed by atoms with Gasteiger partial charge in [-0.25, -0.2) is 4.98 Å². The van der Waals surface area contributed by atoms with Gasteiger partial charge in [0, 0.05) is 38.9 Å². The smallest absolute Gasteiger partial charge is 0.128 e. The van der Waals surface area contributed by atoms with Gasteiger partial charge in [0.1, 0.15) is 5.82 Å². The Morgan fingerprint density at radius 2 is 1.79 bits per heavy atom. The first kappa shape index (κ1) is 17.7. The van der Waals surface area contributed by atoms with E-state index < -0.39 is 0 Å². The normalized spacial score (nSPS) is 24.2. The first-order valence-electron chi connectivity index (χ1n) is 9.92. The first-order valence-corrected chi connectivity index (χ1v) is 9.92. The second kappa shape index (κ2) is 8.30. The van der Waals surface area contributed by atoms with Crippen LogP contribution in [0, 0.1) is 11.3 Å². The summed E-state index contributed by atoms with van der Waals surface area (Å²) in [5, 5.41) is 3.46. The number of nitrogens with zero attached hydrogens (tertiary/aromatic N) is 3. The largest absolute Gasteiger partial charge is 0.357 e.